The zero-order valence-electron chi connectivity index (χ0n) is 10.4. The first-order chi connectivity index (χ1) is 8.49. The smallest absolute Gasteiger partial charge is 0.337 e. The van der Waals surface area contributed by atoms with Crippen molar-refractivity contribution < 1.29 is 14.7 Å². The average molecular weight is 248 g/mol. The van der Waals surface area contributed by atoms with E-state index in [-0.39, 0.29) is 23.2 Å². The summed E-state index contributed by atoms with van der Waals surface area (Å²) in [7, 11) is 0. The van der Waals surface area contributed by atoms with Gasteiger partial charge in [0.25, 0.3) is 5.91 Å². The number of carboxylic acid groups (broad SMARTS) is 1. The van der Waals surface area contributed by atoms with Crippen molar-refractivity contribution in [3.05, 3.63) is 29.1 Å². The lowest BCUT2D eigenvalue weighted by atomic mass is 10.1. The van der Waals surface area contributed by atoms with E-state index in [4.69, 9.17) is 5.11 Å². The van der Waals surface area contributed by atoms with E-state index in [1.165, 1.54) is 12.1 Å². The maximum atomic E-state index is 11.9. The van der Waals surface area contributed by atoms with E-state index in [2.05, 4.69) is 10.3 Å². The number of carbonyl (C=O) groups is 2. The van der Waals surface area contributed by atoms with Gasteiger partial charge in [-0.25, -0.2) is 9.78 Å². The maximum absolute atomic E-state index is 11.9. The predicted octanol–water partition coefficient (Wildman–Crippen LogP) is 1.62. The Labute approximate surface area is 105 Å². The number of pyridine rings is 1. The van der Waals surface area contributed by atoms with Crippen LogP contribution < -0.4 is 5.32 Å². The highest BCUT2D eigenvalue weighted by Crippen LogP contribution is 2.32. The van der Waals surface area contributed by atoms with Crippen molar-refractivity contribution in [3.8, 4) is 0 Å². The van der Waals surface area contributed by atoms with Crippen molar-refractivity contribution in [1.82, 2.24) is 10.3 Å². The summed E-state index contributed by atoms with van der Waals surface area (Å²) in [5, 5.41) is 11.8. The fourth-order valence-corrected chi connectivity index (χ4v) is 1.91. The summed E-state index contributed by atoms with van der Waals surface area (Å²) in [6, 6.07) is 3.02. The Kier molecular flexibility index (Phi) is 3.32. The first-order valence-electron chi connectivity index (χ1n) is 6.01. The lowest BCUT2D eigenvalue weighted by Crippen LogP contribution is -2.34. The van der Waals surface area contributed by atoms with Crippen LogP contribution in [0.1, 0.15) is 46.3 Å². The number of nitrogens with one attached hydrogen (secondary N) is 1. The Balaban J connectivity index is 2.10. The van der Waals surface area contributed by atoms with Gasteiger partial charge in [-0.3, -0.25) is 4.79 Å². The van der Waals surface area contributed by atoms with Gasteiger partial charge in [0.2, 0.25) is 0 Å². The molecule has 5 heteroatoms. The first-order valence-corrected chi connectivity index (χ1v) is 6.01. The molecular formula is C13H16N2O3. The fourth-order valence-electron chi connectivity index (χ4n) is 1.91. The third-order valence-corrected chi connectivity index (χ3v) is 3.24. The van der Waals surface area contributed by atoms with Gasteiger partial charge in [0, 0.05) is 6.04 Å². The summed E-state index contributed by atoms with van der Waals surface area (Å²) >= 11 is 0. The van der Waals surface area contributed by atoms with Gasteiger partial charge in [-0.2, -0.15) is 0 Å². The summed E-state index contributed by atoms with van der Waals surface area (Å²) in [5.74, 6) is -0.693. The number of hydrogen-bond donors (Lipinski definition) is 2. The van der Waals surface area contributed by atoms with E-state index >= 15 is 0 Å². The highest BCUT2D eigenvalue weighted by molar-refractivity contribution is 5.94. The molecule has 0 aromatic carbocycles. The maximum Gasteiger partial charge on any atom is 0.337 e. The van der Waals surface area contributed by atoms with E-state index in [1.807, 2.05) is 6.92 Å². The number of carbonyl (C=O) groups excluding carboxylic acids is 1. The Bertz CT molecular complexity index is 495. The topological polar surface area (TPSA) is 79.3 Å². The van der Waals surface area contributed by atoms with Crippen molar-refractivity contribution in [2.24, 2.45) is 5.92 Å². The third kappa shape index (κ3) is 2.67. The van der Waals surface area contributed by atoms with Crippen molar-refractivity contribution >= 4 is 11.9 Å². The van der Waals surface area contributed by atoms with Gasteiger partial charge in [-0.05, 0) is 44.7 Å². The monoisotopic (exact) mass is 248 g/mol. The zero-order valence-corrected chi connectivity index (χ0v) is 10.4. The van der Waals surface area contributed by atoms with Crippen molar-refractivity contribution in [2.75, 3.05) is 0 Å². The van der Waals surface area contributed by atoms with E-state index in [1.54, 1.807) is 6.92 Å². The van der Waals surface area contributed by atoms with Gasteiger partial charge in [0.05, 0.1) is 11.3 Å². The highest BCUT2D eigenvalue weighted by atomic mass is 16.4. The normalized spacial score (nSPS) is 16.1. The van der Waals surface area contributed by atoms with E-state index in [0.29, 0.717) is 11.6 Å². The summed E-state index contributed by atoms with van der Waals surface area (Å²) in [6.45, 7) is 3.57. The Morgan fingerprint density at radius 2 is 2.11 bits per heavy atom. The van der Waals surface area contributed by atoms with Gasteiger partial charge >= 0.3 is 5.97 Å². The summed E-state index contributed by atoms with van der Waals surface area (Å²) in [5.41, 5.74) is 0.751. The summed E-state index contributed by atoms with van der Waals surface area (Å²) in [6.07, 6.45) is 2.32. The molecular weight excluding hydrogens is 232 g/mol. The van der Waals surface area contributed by atoms with E-state index in [0.717, 1.165) is 12.8 Å². The minimum atomic E-state index is -1.03. The van der Waals surface area contributed by atoms with Crippen LogP contribution in [0.4, 0.5) is 0 Å². The Hall–Kier alpha value is -1.91. The van der Waals surface area contributed by atoms with Crippen molar-refractivity contribution in [3.63, 3.8) is 0 Å². The first kappa shape index (κ1) is 12.5. The van der Waals surface area contributed by atoms with Crippen LogP contribution in [0.3, 0.4) is 0 Å². The van der Waals surface area contributed by atoms with Crippen LogP contribution in [0, 0.1) is 12.8 Å². The van der Waals surface area contributed by atoms with E-state index in [9.17, 15) is 9.59 Å². The van der Waals surface area contributed by atoms with Gasteiger partial charge in [0.1, 0.15) is 5.69 Å². The van der Waals surface area contributed by atoms with Crippen LogP contribution >= 0.6 is 0 Å². The van der Waals surface area contributed by atoms with Crippen molar-refractivity contribution in [2.45, 2.75) is 32.7 Å². The van der Waals surface area contributed by atoms with E-state index < -0.39 is 5.97 Å². The molecule has 1 fully saturated rings. The highest BCUT2D eigenvalue weighted by Gasteiger charge is 2.29. The molecule has 18 heavy (non-hydrogen) atoms. The number of aryl methyl sites for hydroxylation is 1. The van der Waals surface area contributed by atoms with Crippen LogP contribution in [-0.4, -0.2) is 28.0 Å². The second kappa shape index (κ2) is 4.76. The standard InChI is InChI=1S/C13H16N2O3/c1-7(9-3-4-9)15-12(16)11-6-5-10(13(17)18)8(2)14-11/h5-7,9H,3-4H2,1-2H3,(H,15,16)(H,17,18). The molecule has 1 aliphatic rings. The molecule has 2 rings (SSSR count). The third-order valence-electron chi connectivity index (χ3n) is 3.24. The van der Waals surface area contributed by atoms with Crippen LogP contribution in [0.25, 0.3) is 0 Å². The molecule has 1 heterocycles. The number of amides is 1. The fraction of sp³-hybridized carbons (Fsp3) is 0.462. The molecule has 96 valence electrons. The lowest BCUT2D eigenvalue weighted by Gasteiger charge is -2.12. The Morgan fingerprint density at radius 3 is 2.61 bits per heavy atom. The number of carboxylic acids is 1. The Morgan fingerprint density at radius 1 is 1.44 bits per heavy atom. The second-order valence-corrected chi connectivity index (χ2v) is 4.73. The molecule has 1 aromatic rings. The number of rotatable bonds is 4. The summed E-state index contributed by atoms with van der Waals surface area (Å²) in [4.78, 5) is 26.8. The molecule has 0 aliphatic heterocycles. The molecule has 1 atom stereocenters. The number of aromatic nitrogens is 1. The molecule has 0 bridgehead atoms. The minimum Gasteiger partial charge on any atom is -0.478 e. The molecule has 1 saturated carbocycles. The molecule has 5 nitrogen and oxygen atoms in total. The molecule has 1 aliphatic carbocycles. The molecule has 2 N–H and O–H groups in total. The molecule has 1 amide bonds. The minimum absolute atomic E-state index is 0.127. The van der Waals surface area contributed by atoms with Crippen LogP contribution in [0.5, 0.6) is 0 Å². The average Bonchev–Trinajstić information content (AvgIpc) is 3.11. The van der Waals surface area contributed by atoms with Gasteiger partial charge in [0.15, 0.2) is 0 Å². The molecule has 0 saturated heterocycles. The zero-order chi connectivity index (χ0) is 13.3. The SMILES string of the molecule is Cc1nc(C(=O)NC(C)C2CC2)ccc1C(=O)O. The molecule has 0 radical (unpaired) electrons. The molecule has 1 aromatic heterocycles. The number of aromatic carboxylic acids is 1. The number of hydrogen-bond acceptors (Lipinski definition) is 3. The lowest BCUT2D eigenvalue weighted by molar-refractivity contribution is 0.0694. The summed E-state index contributed by atoms with van der Waals surface area (Å²) < 4.78 is 0. The second-order valence-electron chi connectivity index (χ2n) is 4.73. The van der Waals surface area contributed by atoms with Crippen molar-refractivity contribution in [1.29, 1.82) is 0 Å². The van der Waals surface area contributed by atoms with Crippen LogP contribution in [0.2, 0.25) is 0 Å². The largest absolute Gasteiger partial charge is 0.478 e. The quantitative estimate of drug-likeness (QED) is 0.848. The van der Waals surface area contributed by atoms with Gasteiger partial charge in [-0.15, -0.1) is 0 Å². The molecule has 0 spiro atoms. The predicted molar refractivity (Wildman–Crippen MR) is 65.6 cm³/mol. The van der Waals surface area contributed by atoms with Gasteiger partial charge in [-0.1, -0.05) is 0 Å². The van der Waals surface area contributed by atoms with Crippen LogP contribution in [0.15, 0.2) is 12.1 Å². The van der Waals surface area contributed by atoms with Crippen LogP contribution in [-0.2, 0) is 0 Å². The molecule has 1 unspecified atom stereocenters. The van der Waals surface area contributed by atoms with Gasteiger partial charge < -0.3 is 10.4 Å². The number of nitrogens with zero attached hydrogens (tertiary/aromatic N) is 1.